The average molecular weight is 543 g/mol. The van der Waals surface area contributed by atoms with Gasteiger partial charge >= 0.3 is 0 Å². The van der Waals surface area contributed by atoms with Gasteiger partial charge < -0.3 is 0 Å². The van der Waals surface area contributed by atoms with E-state index in [0.29, 0.717) is 4.45 Å². The van der Waals surface area contributed by atoms with Gasteiger partial charge in [0.15, 0.2) is 0 Å². The number of carbonyl (C=O) groups excluding carboxylic acids is 1. The summed E-state index contributed by atoms with van der Waals surface area (Å²) in [5.74, 6) is 2.06. The van der Waals surface area contributed by atoms with E-state index in [4.69, 9.17) is 0 Å². The summed E-state index contributed by atoms with van der Waals surface area (Å²) in [6.45, 7) is 4.58. The Morgan fingerprint density at radius 2 is 0.528 bits per heavy atom. The number of hydrogen-bond acceptors (Lipinski definition) is 3. The Hall–Kier alpha value is 0.370. The largest absolute Gasteiger partial charge is 0.274 e. The highest BCUT2D eigenvalue weighted by Crippen LogP contribution is 2.21. The smallest absolute Gasteiger partial charge is 0.246 e. The van der Waals surface area contributed by atoms with Gasteiger partial charge in [-0.25, -0.2) is 0 Å². The SMILES string of the molecule is CCCCCCCCCCCCCCCCSC(=O)SCCCCCCCCCCCCCCCC. The van der Waals surface area contributed by atoms with Gasteiger partial charge in [-0.1, -0.05) is 204 Å². The first-order valence-corrected chi connectivity index (χ1v) is 18.6. The maximum Gasteiger partial charge on any atom is 0.246 e. The molecule has 0 bridgehead atoms. The van der Waals surface area contributed by atoms with Crippen LogP contribution in [0.25, 0.3) is 0 Å². The fraction of sp³-hybridized carbons (Fsp3) is 0.970. The van der Waals surface area contributed by atoms with Crippen LogP contribution >= 0.6 is 23.5 Å². The van der Waals surface area contributed by atoms with Gasteiger partial charge in [-0.2, -0.15) is 0 Å². The van der Waals surface area contributed by atoms with Gasteiger partial charge in [-0.15, -0.1) is 0 Å². The zero-order chi connectivity index (χ0) is 26.2. The molecule has 0 saturated heterocycles. The van der Waals surface area contributed by atoms with Gasteiger partial charge in [0.2, 0.25) is 4.45 Å². The zero-order valence-corrected chi connectivity index (χ0v) is 26.6. The molecule has 0 rings (SSSR count). The average Bonchev–Trinajstić information content (AvgIpc) is 2.88. The third-order valence-electron chi connectivity index (χ3n) is 7.44. The standard InChI is InChI=1S/C33H66OS2/c1-3-5-7-9-11-13-15-17-19-21-23-25-27-29-31-35-33(34)36-32-30-28-26-24-22-20-18-16-14-12-10-8-6-4-2/h3-32H2,1-2H3. The minimum atomic E-state index is 0.361. The summed E-state index contributed by atoms with van der Waals surface area (Å²) in [6, 6.07) is 0. The number of unbranched alkanes of at least 4 members (excludes halogenated alkanes) is 26. The lowest BCUT2D eigenvalue weighted by Crippen LogP contribution is -1.90. The first-order chi connectivity index (χ1) is 17.8. The monoisotopic (exact) mass is 542 g/mol. The lowest BCUT2D eigenvalue weighted by atomic mass is 10.0. The molecular formula is C33H66OS2. The summed E-state index contributed by atoms with van der Waals surface area (Å²) in [6.07, 6.45) is 39.1. The Labute approximate surface area is 237 Å². The van der Waals surface area contributed by atoms with Crippen molar-refractivity contribution in [2.24, 2.45) is 0 Å². The van der Waals surface area contributed by atoms with Crippen LogP contribution in [-0.4, -0.2) is 16.0 Å². The van der Waals surface area contributed by atoms with E-state index in [9.17, 15) is 4.79 Å². The molecule has 0 saturated carbocycles. The molecule has 0 aliphatic carbocycles. The molecule has 0 aromatic carbocycles. The fourth-order valence-corrected chi connectivity index (χ4v) is 6.81. The highest BCUT2D eigenvalue weighted by Gasteiger charge is 2.03. The molecule has 0 spiro atoms. The van der Waals surface area contributed by atoms with Crippen LogP contribution in [0.5, 0.6) is 0 Å². The molecule has 0 atom stereocenters. The van der Waals surface area contributed by atoms with Crippen molar-refractivity contribution in [1.82, 2.24) is 0 Å². The van der Waals surface area contributed by atoms with Crippen molar-refractivity contribution in [3.8, 4) is 0 Å². The summed E-state index contributed by atoms with van der Waals surface area (Å²) in [7, 11) is 0. The molecule has 3 heteroatoms. The lowest BCUT2D eigenvalue weighted by Gasteiger charge is -2.04. The van der Waals surface area contributed by atoms with Crippen LogP contribution in [0.1, 0.15) is 194 Å². The van der Waals surface area contributed by atoms with Gasteiger partial charge in [0.1, 0.15) is 0 Å². The van der Waals surface area contributed by atoms with Crippen molar-refractivity contribution in [2.75, 3.05) is 11.5 Å². The second kappa shape index (κ2) is 33.4. The van der Waals surface area contributed by atoms with Crippen molar-refractivity contribution in [2.45, 2.75) is 194 Å². The Morgan fingerprint density at radius 1 is 0.333 bits per heavy atom. The van der Waals surface area contributed by atoms with Crippen molar-refractivity contribution in [1.29, 1.82) is 0 Å². The van der Waals surface area contributed by atoms with E-state index in [1.54, 1.807) is 23.5 Å². The van der Waals surface area contributed by atoms with E-state index >= 15 is 0 Å². The van der Waals surface area contributed by atoms with E-state index < -0.39 is 0 Å². The lowest BCUT2D eigenvalue weighted by molar-refractivity contribution is 0.276. The summed E-state index contributed by atoms with van der Waals surface area (Å²) >= 11 is 3.14. The van der Waals surface area contributed by atoms with Gasteiger partial charge in [0, 0.05) is 11.5 Å². The normalized spacial score (nSPS) is 11.4. The molecule has 0 aliphatic heterocycles. The molecule has 36 heavy (non-hydrogen) atoms. The second-order valence-corrected chi connectivity index (χ2v) is 13.5. The van der Waals surface area contributed by atoms with E-state index in [1.165, 1.54) is 180 Å². The van der Waals surface area contributed by atoms with Crippen LogP contribution in [0.2, 0.25) is 0 Å². The minimum absolute atomic E-state index is 0.361. The first-order valence-electron chi connectivity index (χ1n) is 16.6. The molecule has 0 fully saturated rings. The predicted octanol–water partition coefficient (Wildman–Crippen LogP) is 13.5. The molecule has 0 unspecified atom stereocenters. The predicted molar refractivity (Wildman–Crippen MR) is 171 cm³/mol. The zero-order valence-electron chi connectivity index (χ0n) is 24.9. The van der Waals surface area contributed by atoms with Crippen molar-refractivity contribution < 1.29 is 4.79 Å². The maximum absolute atomic E-state index is 12.0. The van der Waals surface area contributed by atoms with E-state index in [1.807, 2.05) is 0 Å². The summed E-state index contributed by atoms with van der Waals surface area (Å²) < 4.78 is 0.361. The molecule has 1 nitrogen and oxygen atoms in total. The van der Waals surface area contributed by atoms with Crippen molar-refractivity contribution in [3.63, 3.8) is 0 Å². The molecule has 0 radical (unpaired) electrons. The fourth-order valence-electron chi connectivity index (χ4n) is 4.95. The molecule has 0 aromatic heterocycles. The summed E-state index contributed by atoms with van der Waals surface area (Å²) in [5, 5.41) is 0. The van der Waals surface area contributed by atoms with Crippen LogP contribution in [0, 0.1) is 0 Å². The number of hydrogen-bond donors (Lipinski definition) is 0. The third kappa shape index (κ3) is 32.4. The Morgan fingerprint density at radius 3 is 0.750 bits per heavy atom. The van der Waals surface area contributed by atoms with Gasteiger partial charge in [0.05, 0.1) is 0 Å². The van der Waals surface area contributed by atoms with Crippen LogP contribution in [-0.2, 0) is 0 Å². The van der Waals surface area contributed by atoms with E-state index in [-0.39, 0.29) is 0 Å². The number of thioether (sulfide) groups is 2. The van der Waals surface area contributed by atoms with Crippen LogP contribution in [0.15, 0.2) is 0 Å². The summed E-state index contributed by atoms with van der Waals surface area (Å²) in [5.41, 5.74) is 0. The maximum atomic E-state index is 12.0. The minimum Gasteiger partial charge on any atom is -0.274 e. The van der Waals surface area contributed by atoms with Crippen LogP contribution in [0.3, 0.4) is 0 Å². The van der Waals surface area contributed by atoms with Gasteiger partial charge in [-0.3, -0.25) is 4.79 Å². The highest BCUT2D eigenvalue weighted by atomic mass is 32.2. The summed E-state index contributed by atoms with van der Waals surface area (Å²) in [4.78, 5) is 12.0. The Bertz CT molecular complexity index is 376. The Kier molecular flexibility index (Phi) is 33.7. The van der Waals surface area contributed by atoms with Crippen molar-refractivity contribution >= 4 is 28.0 Å². The second-order valence-electron chi connectivity index (χ2n) is 11.1. The molecule has 0 N–H and O–H groups in total. The van der Waals surface area contributed by atoms with Crippen molar-refractivity contribution in [3.05, 3.63) is 0 Å². The van der Waals surface area contributed by atoms with Gasteiger partial charge in [-0.05, 0) is 12.8 Å². The van der Waals surface area contributed by atoms with Crippen LogP contribution in [0.4, 0.5) is 4.79 Å². The molecular weight excluding hydrogens is 476 g/mol. The topological polar surface area (TPSA) is 17.1 Å². The Balaban J connectivity index is 3.14. The number of rotatable bonds is 30. The molecule has 0 aliphatic rings. The van der Waals surface area contributed by atoms with Gasteiger partial charge in [0.25, 0.3) is 0 Å². The van der Waals surface area contributed by atoms with E-state index in [0.717, 1.165) is 11.5 Å². The first kappa shape index (κ1) is 36.4. The molecule has 0 amide bonds. The molecule has 0 aromatic rings. The van der Waals surface area contributed by atoms with E-state index in [2.05, 4.69) is 13.8 Å². The van der Waals surface area contributed by atoms with Crippen LogP contribution < -0.4 is 0 Å². The molecule has 0 heterocycles. The highest BCUT2D eigenvalue weighted by molar-refractivity contribution is 8.38. The molecule has 216 valence electrons. The quantitative estimate of drug-likeness (QED) is 0.0840. The third-order valence-corrected chi connectivity index (χ3v) is 9.60. The number of carbonyl (C=O) groups is 1.